The number of anilines is 1. The molecule has 5 heterocycles. The molecular formula is C44H61FN6O6S. The van der Waals surface area contributed by atoms with E-state index in [2.05, 4.69) is 37.6 Å². The summed E-state index contributed by atoms with van der Waals surface area (Å²) in [5.41, 5.74) is 2.20. The number of ether oxygens (including phenoxy) is 1. The Labute approximate surface area is 343 Å². The fourth-order valence-electron chi connectivity index (χ4n) is 11.1. The molecule has 12 nitrogen and oxygen atoms in total. The third kappa shape index (κ3) is 8.68. The van der Waals surface area contributed by atoms with E-state index in [0.29, 0.717) is 42.1 Å². The van der Waals surface area contributed by atoms with Crippen LogP contribution in [0.1, 0.15) is 50.5 Å². The third-order valence-corrected chi connectivity index (χ3v) is 16.4. The maximum atomic E-state index is 15.0. The fourth-order valence-corrected chi connectivity index (χ4v) is 12.7. The van der Waals surface area contributed by atoms with E-state index in [-0.39, 0.29) is 42.2 Å². The number of hydrogen-bond donors (Lipinski definition) is 2. The number of amides is 2. The summed E-state index contributed by atoms with van der Waals surface area (Å²) in [4.78, 5) is 36.4. The van der Waals surface area contributed by atoms with E-state index in [1.807, 2.05) is 18.2 Å². The third-order valence-electron chi connectivity index (χ3n) is 14.3. The molecule has 316 valence electrons. The lowest BCUT2D eigenvalue weighted by molar-refractivity contribution is -0.130. The van der Waals surface area contributed by atoms with Gasteiger partial charge in [0.15, 0.2) is 9.84 Å². The van der Waals surface area contributed by atoms with E-state index in [9.17, 15) is 27.5 Å². The number of nitrogens with zero attached hydrogens (tertiary/aromatic N) is 5. The molecular weight excluding hydrogens is 760 g/mol. The molecule has 4 atom stereocenters. The zero-order chi connectivity index (χ0) is 40.4. The van der Waals surface area contributed by atoms with Gasteiger partial charge in [-0.2, -0.15) is 0 Å². The second kappa shape index (κ2) is 17.6. The Morgan fingerprint density at radius 2 is 1.60 bits per heavy atom. The van der Waals surface area contributed by atoms with E-state index < -0.39 is 21.2 Å². The quantitative estimate of drug-likeness (QED) is 0.267. The van der Waals surface area contributed by atoms with E-state index in [4.69, 9.17) is 4.74 Å². The number of rotatable bonds is 14. The van der Waals surface area contributed by atoms with Crippen molar-refractivity contribution < 1.29 is 32.2 Å². The Bertz CT molecular complexity index is 1890. The molecule has 0 bridgehead atoms. The number of carboxylic acid groups (broad SMARTS) is 1. The molecule has 58 heavy (non-hydrogen) atoms. The summed E-state index contributed by atoms with van der Waals surface area (Å²) in [7, 11) is -3.57. The van der Waals surface area contributed by atoms with Gasteiger partial charge < -0.3 is 34.8 Å². The van der Waals surface area contributed by atoms with E-state index in [1.54, 1.807) is 23.1 Å². The number of benzene rings is 2. The number of hydrogen-bond acceptors (Lipinski definition) is 9. The van der Waals surface area contributed by atoms with Crippen molar-refractivity contribution in [3.05, 3.63) is 72.1 Å². The van der Waals surface area contributed by atoms with Gasteiger partial charge in [0.05, 0.1) is 18.1 Å². The SMILES string of the molecule is C=C(CN1CCOCC1)C(=O)N1CC(S(=O)(=O)c2ccc(N3CC[C@@H](CN4CCC(C(CN5CCC5)(c5cccc(F)c5)[C@H]5CCC[C@@H]5NC(=O)O)CC4)C3)cc2)C1. The molecule has 14 heteroatoms. The molecule has 6 fully saturated rings. The van der Waals surface area contributed by atoms with Gasteiger partial charge in [-0.25, -0.2) is 17.6 Å². The lowest BCUT2D eigenvalue weighted by Crippen LogP contribution is -2.59. The highest BCUT2D eigenvalue weighted by atomic mass is 32.2. The smallest absolute Gasteiger partial charge is 0.404 e. The molecule has 2 N–H and O–H groups in total. The molecule has 8 rings (SSSR count). The highest BCUT2D eigenvalue weighted by Gasteiger charge is 2.53. The lowest BCUT2D eigenvalue weighted by atomic mass is 9.57. The van der Waals surface area contributed by atoms with Crippen LogP contribution >= 0.6 is 0 Å². The van der Waals surface area contributed by atoms with Crippen molar-refractivity contribution in [3.63, 3.8) is 0 Å². The average molecular weight is 821 g/mol. The van der Waals surface area contributed by atoms with Gasteiger partial charge in [0.1, 0.15) is 11.1 Å². The molecule has 2 amide bonds. The van der Waals surface area contributed by atoms with Crippen LogP contribution in [0, 0.1) is 23.6 Å². The van der Waals surface area contributed by atoms with Crippen molar-refractivity contribution in [1.82, 2.24) is 24.9 Å². The van der Waals surface area contributed by atoms with Gasteiger partial charge >= 0.3 is 6.09 Å². The molecule has 1 aliphatic carbocycles. The van der Waals surface area contributed by atoms with Crippen molar-refractivity contribution in [3.8, 4) is 0 Å². The van der Waals surface area contributed by atoms with Gasteiger partial charge in [-0.05, 0) is 124 Å². The minimum atomic E-state index is -3.57. The van der Waals surface area contributed by atoms with Crippen LogP contribution in [-0.2, 0) is 24.8 Å². The van der Waals surface area contributed by atoms with Gasteiger partial charge in [-0.15, -0.1) is 0 Å². The van der Waals surface area contributed by atoms with Crippen molar-refractivity contribution in [2.45, 2.75) is 66.5 Å². The van der Waals surface area contributed by atoms with Crippen LogP contribution in [0.15, 0.2) is 65.6 Å². The van der Waals surface area contributed by atoms with Gasteiger partial charge in [0.2, 0.25) is 0 Å². The van der Waals surface area contributed by atoms with Gasteiger partial charge in [0, 0.05) is 81.6 Å². The molecule has 6 aliphatic rings. The van der Waals surface area contributed by atoms with Crippen molar-refractivity contribution in [2.75, 3.05) is 103 Å². The Morgan fingerprint density at radius 3 is 2.28 bits per heavy atom. The number of carbonyl (C=O) groups excluding carboxylic acids is 1. The summed E-state index contributed by atoms with van der Waals surface area (Å²) in [5, 5.41) is 12.1. The first-order valence-electron chi connectivity index (χ1n) is 21.6. The van der Waals surface area contributed by atoms with Crippen molar-refractivity contribution >= 4 is 27.5 Å². The van der Waals surface area contributed by atoms with Crippen LogP contribution < -0.4 is 10.2 Å². The van der Waals surface area contributed by atoms with Crippen LogP contribution in [0.2, 0.25) is 0 Å². The van der Waals surface area contributed by atoms with Crippen LogP contribution in [-0.4, -0.2) is 155 Å². The number of sulfone groups is 1. The summed E-state index contributed by atoms with van der Waals surface area (Å²) in [6, 6.07) is 14.3. The summed E-state index contributed by atoms with van der Waals surface area (Å²) in [5.74, 6) is 0.505. The Hall–Kier alpha value is -3.56. The molecule has 1 unspecified atom stereocenters. The zero-order valence-corrected chi connectivity index (χ0v) is 34.6. The molecule has 0 radical (unpaired) electrons. The van der Waals surface area contributed by atoms with Gasteiger partial charge in [-0.1, -0.05) is 25.1 Å². The topological polar surface area (TPSA) is 126 Å². The lowest BCUT2D eigenvalue weighted by Gasteiger charge is -2.53. The standard InChI is InChI=1S/C44H61FN6O6S/c1-32(26-48-21-23-57-24-22-48)42(52)51-29-39(30-51)58(55,56)38-11-9-37(10-12-38)50-20-13-33(28-50)27-47-18-14-34(15-19-47)44(31-49-16-4-17-49,35-5-2-6-36(45)25-35)40-7-3-8-41(40)46-43(53)54/h2,5-6,9-12,25,33-34,39-41,46H,1,3-4,7-8,13-24,26-31H2,(H,53,54)/t33-,40-,41-,44?/m0/s1. The monoisotopic (exact) mass is 820 g/mol. The summed E-state index contributed by atoms with van der Waals surface area (Å²) in [6.07, 6.45) is 5.95. The summed E-state index contributed by atoms with van der Waals surface area (Å²) < 4.78 is 47.4. The Kier molecular flexibility index (Phi) is 12.5. The maximum Gasteiger partial charge on any atom is 0.404 e. The predicted octanol–water partition coefficient (Wildman–Crippen LogP) is 4.32. The number of halogens is 1. The first-order chi connectivity index (χ1) is 28.0. The Balaban J connectivity index is 0.858. The average Bonchev–Trinajstić information content (AvgIpc) is 3.84. The number of carbonyl (C=O) groups is 2. The fraction of sp³-hybridized carbons (Fsp3) is 0.636. The first-order valence-corrected chi connectivity index (χ1v) is 23.1. The molecule has 5 aliphatic heterocycles. The van der Waals surface area contributed by atoms with E-state index in [1.165, 1.54) is 6.07 Å². The second-order valence-corrected chi connectivity index (χ2v) is 20.0. The number of likely N-dealkylation sites (tertiary alicyclic amines) is 3. The van der Waals surface area contributed by atoms with Crippen LogP contribution in [0.25, 0.3) is 0 Å². The zero-order valence-electron chi connectivity index (χ0n) is 33.8. The normalized spacial score (nSPS) is 26.5. The second-order valence-electron chi connectivity index (χ2n) is 17.8. The number of piperidine rings is 1. The molecule has 2 aromatic rings. The van der Waals surface area contributed by atoms with E-state index >= 15 is 0 Å². The first kappa shape index (κ1) is 41.2. The molecule has 5 saturated heterocycles. The molecule has 0 spiro atoms. The highest BCUT2D eigenvalue weighted by Crippen LogP contribution is 2.51. The molecule has 0 aromatic heterocycles. The molecule has 2 aromatic carbocycles. The van der Waals surface area contributed by atoms with Gasteiger partial charge in [-0.3, -0.25) is 9.69 Å². The largest absolute Gasteiger partial charge is 0.465 e. The van der Waals surface area contributed by atoms with Crippen molar-refractivity contribution in [1.29, 1.82) is 0 Å². The predicted molar refractivity (Wildman–Crippen MR) is 221 cm³/mol. The Morgan fingerprint density at radius 1 is 0.862 bits per heavy atom. The molecule has 1 saturated carbocycles. The van der Waals surface area contributed by atoms with Crippen LogP contribution in [0.3, 0.4) is 0 Å². The maximum absolute atomic E-state index is 15.0. The van der Waals surface area contributed by atoms with Crippen LogP contribution in [0.5, 0.6) is 0 Å². The number of nitrogens with one attached hydrogen (secondary N) is 1. The van der Waals surface area contributed by atoms with Crippen LogP contribution in [0.4, 0.5) is 14.9 Å². The highest BCUT2D eigenvalue weighted by molar-refractivity contribution is 7.92. The van der Waals surface area contributed by atoms with Crippen molar-refractivity contribution in [2.24, 2.45) is 17.8 Å². The minimum absolute atomic E-state index is 0.108. The van der Waals surface area contributed by atoms with Gasteiger partial charge in [0.25, 0.3) is 5.91 Å². The summed E-state index contributed by atoms with van der Waals surface area (Å²) in [6.45, 7) is 15.3. The number of morpholine rings is 1. The van der Waals surface area contributed by atoms with E-state index in [0.717, 1.165) is 122 Å². The summed E-state index contributed by atoms with van der Waals surface area (Å²) >= 11 is 0. The minimum Gasteiger partial charge on any atom is -0.465 e.